The van der Waals surface area contributed by atoms with E-state index in [0.29, 0.717) is 16.4 Å². The number of nitrogens with zero attached hydrogens (tertiary/aromatic N) is 1. The van der Waals surface area contributed by atoms with Crippen molar-refractivity contribution < 1.29 is 14.3 Å². The molecule has 1 aliphatic rings. The number of carbonyl (C=O) groups excluding carboxylic acids is 2. The van der Waals surface area contributed by atoms with Crippen LogP contribution in [0, 0.1) is 12.3 Å². The van der Waals surface area contributed by atoms with Crippen LogP contribution in [0.3, 0.4) is 0 Å². The van der Waals surface area contributed by atoms with Crippen molar-refractivity contribution >= 4 is 28.2 Å². The molecular formula is C25H35N3O3S. The Labute approximate surface area is 195 Å². The lowest BCUT2D eigenvalue weighted by atomic mass is 9.96. The molecule has 0 spiro atoms. The standard InChI is InChI=1S/C25H35N3O3S/c1-16-11-21(27-24(30)25(4,5)6)32-22(16)23(29)26-12-19-9-7-8-10-20(19)15-28-13-17(2)31-18(3)14-28/h7-11,17-18H,12-15H2,1-6H3,(H,26,29)(H,27,30). The minimum absolute atomic E-state index is 0.0635. The molecule has 7 heteroatoms. The quantitative estimate of drug-likeness (QED) is 0.666. The fourth-order valence-corrected chi connectivity index (χ4v) is 4.85. The van der Waals surface area contributed by atoms with E-state index >= 15 is 0 Å². The fraction of sp³-hybridized carbons (Fsp3) is 0.520. The molecule has 2 aromatic rings. The molecule has 2 amide bonds. The van der Waals surface area contributed by atoms with Gasteiger partial charge in [-0.2, -0.15) is 0 Å². The maximum Gasteiger partial charge on any atom is 0.261 e. The molecule has 1 saturated heterocycles. The molecule has 0 saturated carbocycles. The highest BCUT2D eigenvalue weighted by Crippen LogP contribution is 2.28. The minimum atomic E-state index is -0.486. The summed E-state index contributed by atoms with van der Waals surface area (Å²) in [4.78, 5) is 28.2. The van der Waals surface area contributed by atoms with Gasteiger partial charge in [-0.15, -0.1) is 11.3 Å². The minimum Gasteiger partial charge on any atom is -0.373 e. The first-order valence-corrected chi connectivity index (χ1v) is 12.0. The number of aryl methyl sites for hydroxylation is 1. The molecule has 2 N–H and O–H groups in total. The average molecular weight is 458 g/mol. The van der Waals surface area contributed by atoms with E-state index in [4.69, 9.17) is 4.74 Å². The normalized spacial score (nSPS) is 19.6. The van der Waals surface area contributed by atoms with E-state index in [1.54, 1.807) is 0 Å². The molecule has 174 valence electrons. The second-order valence-electron chi connectivity index (χ2n) is 9.73. The lowest BCUT2D eigenvalue weighted by Crippen LogP contribution is -2.45. The predicted molar refractivity (Wildman–Crippen MR) is 130 cm³/mol. The van der Waals surface area contributed by atoms with E-state index in [9.17, 15) is 9.59 Å². The summed E-state index contributed by atoms with van der Waals surface area (Å²) < 4.78 is 5.84. The Morgan fingerprint density at radius 1 is 1.12 bits per heavy atom. The van der Waals surface area contributed by atoms with Gasteiger partial charge in [0.15, 0.2) is 0 Å². The molecule has 0 radical (unpaired) electrons. The topological polar surface area (TPSA) is 70.7 Å². The number of rotatable bonds is 6. The first kappa shape index (κ1) is 24.4. The van der Waals surface area contributed by atoms with Gasteiger partial charge in [-0.25, -0.2) is 0 Å². The van der Waals surface area contributed by atoms with Gasteiger partial charge in [0.25, 0.3) is 5.91 Å². The highest BCUT2D eigenvalue weighted by molar-refractivity contribution is 7.18. The molecule has 0 bridgehead atoms. The van der Waals surface area contributed by atoms with Gasteiger partial charge in [0.05, 0.1) is 22.1 Å². The fourth-order valence-electron chi connectivity index (χ4n) is 3.86. The Kier molecular flexibility index (Phi) is 7.75. The van der Waals surface area contributed by atoms with Crippen LogP contribution in [0.25, 0.3) is 0 Å². The Morgan fingerprint density at radius 2 is 1.75 bits per heavy atom. The maximum absolute atomic E-state index is 12.9. The zero-order chi connectivity index (χ0) is 23.5. The van der Waals surface area contributed by atoms with E-state index in [1.807, 2.05) is 45.9 Å². The van der Waals surface area contributed by atoms with Crippen molar-refractivity contribution in [2.24, 2.45) is 5.41 Å². The third-order valence-corrected chi connectivity index (χ3v) is 6.64. The zero-order valence-electron chi connectivity index (χ0n) is 20.0. The van der Waals surface area contributed by atoms with Crippen LogP contribution in [0.4, 0.5) is 5.00 Å². The average Bonchev–Trinajstić information content (AvgIpc) is 3.05. The molecule has 2 atom stereocenters. The summed E-state index contributed by atoms with van der Waals surface area (Å²) in [6, 6.07) is 10.1. The number of amides is 2. The van der Waals surface area contributed by atoms with Crippen molar-refractivity contribution in [1.82, 2.24) is 10.2 Å². The van der Waals surface area contributed by atoms with Crippen LogP contribution in [-0.4, -0.2) is 42.0 Å². The summed E-state index contributed by atoms with van der Waals surface area (Å²) in [5, 5.41) is 6.68. The summed E-state index contributed by atoms with van der Waals surface area (Å²) in [6.45, 7) is 14.8. The molecule has 1 aromatic carbocycles. The van der Waals surface area contributed by atoms with Crippen molar-refractivity contribution in [2.75, 3.05) is 18.4 Å². The molecule has 2 heterocycles. The Bertz CT molecular complexity index is 954. The van der Waals surface area contributed by atoms with Gasteiger partial charge in [-0.05, 0) is 43.5 Å². The van der Waals surface area contributed by atoms with Gasteiger partial charge in [0.1, 0.15) is 0 Å². The number of thiophene rings is 1. The second kappa shape index (κ2) is 10.1. The lowest BCUT2D eigenvalue weighted by Gasteiger charge is -2.35. The predicted octanol–water partition coefficient (Wildman–Crippen LogP) is 4.58. The highest BCUT2D eigenvalue weighted by Gasteiger charge is 2.24. The van der Waals surface area contributed by atoms with Crippen molar-refractivity contribution in [1.29, 1.82) is 0 Å². The van der Waals surface area contributed by atoms with Gasteiger partial charge >= 0.3 is 0 Å². The van der Waals surface area contributed by atoms with Gasteiger partial charge in [-0.3, -0.25) is 14.5 Å². The van der Waals surface area contributed by atoms with Gasteiger partial charge in [0, 0.05) is 31.6 Å². The van der Waals surface area contributed by atoms with Crippen molar-refractivity contribution in [3.8, 4) is 0 Å². The maximum atomic E-state index is 12.9. The molecule has 1 fully saturated rings. The first-order valence-electron chi connectivity index (χ1n) is 11.2. The summed E-state index contributed by atoms with van der Waals surface area (Å²) in [5.74, 6) is -0.182. The summed E-state index contributed by atoms with van der Waals surface area (Å²) in [5.41, 5.74) is 2.71. The van der Waals surface area contributed by atoms with E-state index in [2.05, 4.69) is 41.5 Å². The van der Waals surface area contributed by atoms with Crippen LogP contribution in [0.1, 0.15) is 61.0 Å². The number of morpholine rings is 1. The van der Waals surface area contributed by atoms with Gasteiger partial charge in [-0.1, -0.05) is 45.0 Å². The number of carbonyl (C=O) groups is 2. The Morgan fingerprint density at radius 3 is 2.38 bits per heavy atom. The molecule has 3 rings (SSSR count). The Hall–Kier alpha value is -2.22. The molecule has 1 aliphatic heterocycles. The van der Waals surface area contributed by atoms with Crippen LogP contribution in [-0.2, 0) is 22.6 Å². The van der Waals surface area contributed by atoms with Gasteiger partial charge < -0.3 is 15.4 Å². The summed E-state index contributed by atoms with van der Waals surface area (Å²) in [7, 11) is 0. The molecule has 0 aliphatic carbocycles. The smallest absolute Gasteiger partial charge is 0.261 e. The number of benzene rings is 1. The molecule has 6 nitrogen and oxygen atoms in total. The number of ether oxygens (including phenoxy) is 1. The first-order chi connectivity index (χ1) is 15.0. The molecule has 32 heavy (non-hydrogen) atoms. The zero-order valence-corrected chi connectivity index (χ0v) is 20.8. The third-order valence-electron chi connectivity index (χ3n) is 5.49. The van der Waals surface area contributed by atoms with Crippen LogP contribution in [0.2, 0.25) is 0 Å². The van der Waals surface area contributed by atoms with Crippen LogP contribution in [0.15, 0.2) is 30.3 Å². The monoisotopic (exact) mass is 457 g/mol. The van der Waals surface area contributed by atoms with E-state index in [0.717, 1.165) is 30.8 Å². The lowest BCUT2D eigenvalue weighted by molar-refractivity contribution is -0.123. The number of anilines is 1. The van der Waals surface area contributed by atoms with Crippen molar-refractivity contribution in [3.05, 3.63) is 51.9 Å². The highest BCUT2D eigenvalue weighted by atomic mass is 32.1. The van der Waals surface area contributed by atoms with E-state index < -0.39 is 5.41 Å². The van der Waals surface area contributed by atoms with E-state index in [-0.39, 0.29) is 24.0 Å². The number of nitrogens with one attached hydrogen (secondary N) is 2. The van der Waals surface area contributed by atoms with Crippen molar-refractivity contribution in [2.45, 2.75) is 66.8 Å². The largest absolute Gasteiger partial charge is 0.373 e. The van der Waals surface area contributed by atoms with Crippen LogP contribution < -0.4 is 10.6 Å². The number of hydrogen-bond acceptors (Lipinski definition) is 5. The Balaban J connectivity index is 1.64. The SMILES string of the molecule is Cc1cc(NC(=O)C(C)(C)C)sc1C(=O)NCc1ccccc1CN1CC(C)OC(C)C1. The van der Waals surface area contributed by atoms with Crippen LogP contribution in [0.5, 0.6) is 0 Å². The van der Waals surface area contributed by atoms with Gasteiger partial charge in [0.2, 0.25) is 5.91 Å². The summed E-state index contributed by atoms with van der Waals surface area (Å²) >= 11 is 1.31. The molecule has 1 aromatic heterocycles. The summed E-state index contributed by atoms with van der Waals surface area (Å²) in [6.07, 6.45) is 0.445. The van der Waals surface area contributed by atoms with E-state index in [1.165, 1.54) is 16.9 Å². The molecular weight excluding hydrogens is 422 g/mol. The third kappa shape index (κ3) is 6.40. The van der Waals surface area contributed by atoms with Crippen LogP contribution >= 0.6 is 11.3 Å². The van der Waals surface area contributed by atoms with Crippen molar-refractivity contribution in [3.63, 3.8) is 0 Å². The number of hydrogen-bond donors (Lipinski definition) is 2. The molecule has 2 unspecified atom stereocenters. The second-order valence-corrected chi connectivity index (χ2v) is 10.8.